The molecule has 0 aliphatic rings. The highest BCUT2D eigenvalue weighted by Crippen LogP contribution is 2.35. The van der Waals surface area contributed by atoms with Crippen LogP contribution in [0.15, 0.2) is 35.3 Å². The minimum atomic E-state index is -0.502. The molecule has 0 spiro atoms. The quantitative estimate of drug-likeness (QED) is 0.608. The molecule has 2 N–H and O–H groups in total. The van der Waals surface area contributed by atoms with Crippen molar-refractivity contribution in [2.75, 3.05) is 19.8 Å². The zero-order valence-corrected chi connectivity index (χ0v) is 17.1. The number of hydrogen-bond donors (Lipinski definition) is 2. The first-order valence-electron chi connectivity index (χ1n) is 8.38. The third-order valence-electron chi connectivity index (χ3n) is 4.27. The summed E-state index contributed by atoms with van der Waals surface area (Å²) in [5.74, 6) is -0.452. The van der Waals surface area contributed by atoms with Crippen LogP contribution in [0.4, 0.5) is 0 Å². The number of ether oxygens (including phenoxy) is 1. The SMILES string of the molecule is Cc1cc(=O)c2c(OCC(CO)CO)ncc(Cl)c2n1-c1c(Cl)cccc1Cl. The molecule has 0 bridgehead atoms. The molecule has 0 aliphatic heterocycles. The molecule has 0 amide bonds. The van der Waals surface area contributed by atoms with E-state index >= 15 is 0 Å². The highest BCUT2D eigenvalue weighted by Gasteiger charge is 2.20. The van der Waals surface area contributed by atoms with Gasteiger partial charge in [0.2, 0.25) is 5.88 Å². The van der Waals surface area contributed by atoms with Gasteiger partial charge in [0.05, 0.1) is 52.3 Å². The second-order valence-electron chi connectivity index (χ2n) is 6.23. The molecule has 0 saturated carbocycles. The molecule has 148 valence electrons. The molecule has 3 rings (SSSR count). The Morgan fingerprint density at radius 2 is 1.79 bits per heavy atom. The van der Waals surface area contributed by atoms with Crippen molar-refractivity contribution in [3.63, 3.8) is 0 Å². The van der Waals surface area contributed by atoms with E-state index in [1.807, 2.05) is 0 Å². The molecule has 0 atom stereocenters. The fourth-order valence-electron chi connectivity index (χ4n) is 2.87. The molecule has 2 aromatic heterocycles. The standard InChI is InChI=1S/C19H17Cl3N2O4/c1-10-5-15(27)16-18(24(10)17-12(20)3-2-4-13(17)21)14(22)6-23-19(16)28-9-11(7-25)8-26/h2-6,11,25-26H,7-9H2,1H3. The van der Waals surface area contributed by atoms with Gasteiger partial charge in [0.15, 0.2) is 5.43 Å². The molecule has 1 aromatic carbocycles. The van der Waals surface area contributed by atoms with Gasteiger partial charge in [0.1, 0.15) is 5.39 Å². The van der Waals surface area contributed by atoms with Crippen molar-refractivity contribution in [1.82, 2.24) is 9.55 Å². The molecule has 0 aliphatic carbocycles. The van der Waals surface area contributed by atoms with Gasteiger partial charge < -0.3 is 19.5 Å². The van der Waals surface area contributed by atoms with Gasteiger partial charge >= 0.3 is 0 Å². The van der Waals surface area contributed by atoms with Crippen LogP contribution in [-0.4, -0.2) is 39.6 Å². The van der Waals surface area contributed by atoms with E-state index in [1.54, 1.807) is 29.7 Å². The Bertz CT molecular complexity index is 1060. The lowest BCUT2D eigenvalue weighted by Gasteiger charge is -2.20. The molecule has 0 saturated heterocycles. The Labute approximate surface area is 175 Å². The minimum Gasteiger partial charge on any atom is -0.477 e. The van der Waals surface area contributed by atoms with E-state index < -0.39 is 5.92 Å². The van der Waals surface area contributed by atoms with Gasteiger partial charge in [0, 0.05) is 17.7 Å². The second kappa shape index (κ2) is 8.68. The Balaban J connectivity index is 2.30. The fourth-order valence-corrected chi connectivity index (χ4v) is 3.66. The van der Waals surface area contributed by atoms with Crippen LogP contribution in [0.5, 0.6) is 5.88 Å². The molecule has 0 radical (unpaired) electrons. The Morgan fingerprint density at radius 3 is 2.39 bits per heavy atom. The Hall–Kier alpha value is -1.83. The van der Waals surface area contributed by atoms with Gasteiger partial charge in [-0.1, -0.05) is 40.9 Å². The lowest BCUT2D eigenvalue weighted by molar-refractivity contribution is 0.105. The fraction of sp³-hybridized carbons (Fsp3) is 0.263. The summed E-state index contributed by atoms with van der Waals surface area (Å²) in [5, 5.41) is 19.6. The summed E-state index contributed by atoms with van der Waals surface area (Å²) in [6.45, 7) is 1.20. The molecule has 3 aromatic rings. The van der Waals surface area contributed by atoms with E-state index in [2.05, 4.69) is 4.98 Å². The highest BCUT2D eigenvalue weighted by atomic mass is 35.5. The van der Waals surface area contributed by atoms with Gasteiger partial charge in [0.25, 0.3) is 0 Å². The predicted molar refractivity (Wildman–Crippen MR) is 110 cm³/mol. The van der Waals surface area contributed by atoms with Crippen molar-refractivity contribution >= 4 is 45.7 Å². The van der Waals surface area contributed by atoms with E-state index in [4.69, 9.17) is 39.5 Å². The average molecular weight is 444 g/mol. The zero-order valence-electron chi connectivity index (χ0n) is 14.8. The molecule has 6 nitrogen and oxygen atoms in total. The number of pyridine rings is 2. The molecule has 9 heteroatoms. The summed E-state index contributed by atoms with van der Waals surface area (Å²) in [4.78, 5) is 16.9. The first kappa shape index (κ1) is 20.9. The summed E-state index contributed by atoms with van der Waals surface area (Å²) in [6, 6.07) is 6.51. The topological polar surface area (TPSA) is 84.6 Å². The van der Waals surface area contributed by atoms with E-state index in [0.717, 1.165) is 0 Å². The van der Waals surface area contributed by atoms with Crippen LogP contribution < -0.4 is 10.2 Å². The number of fused-ring (bicyclic) bond motifs is 1. The van der Waals surface area contributed by atoms with Crippen molar-refractivity contribution in [2.45, 2.75) is 6.92 Å². The zero-order chi connectivity index (χ0) is 20.4. The van der Waals surface area contributed by atoms with Crippen LogP contribution in [0.25, 0.3) is 16.6 Å². The van der Waals surface area contributed by atoms with Crippen LogP contribution in [-0.2, 0) is 0 Å². The number of aryl methyl sites for hydroxylation is 1. The third kappa shape index (κ3) is 3.83. The van der Waals surface area contributed by atoms with E-state index in [-0.39, 0.29) is 41.5 Å². The van der Waals surface area contributed by atoms with E-state index in [1.165, 1.54) is 12.3 Å². The normalized spacial score (nSPS) is 11.4. The van der Waals surface area contributed by atoms with Crippen LogP contribution in [0, 0.1) is 12.8 Å². The molecular formula is C19H17Cl3N2O4. The number of benzene rings is 1. The maximum absolute atomic E-state index is 12.8. The number of aromatic nitrogens is 2. The largest absolute Gasteiger partial charge is 0.477 e. The Morgan fingerprint density at radius 1 is 1.14 bits per heavy atom. The highest BCUT2D eigenvalue weighted by molar-refractivity contribution is 6.38. The smallest absolute Gasteiger partial charge is 0.227 e. The lowest BCUT2D eigenvalue weighted by atomic mass is 10.1. The van der Waals surface area contributed by atoms with Crippen LogP contribution in [0.3, 0.4) is 0 Å². The maximum Gasteiger partial charge on any atom is 0.227 e. The number of halogens is 3. The first-order chi connectivity index (χ1) is 13.4. The van der Waals surface area contributed by atoms with E-state index in [0.29, 0.717) is 26.9 Å². The number of para-hydroxylation sites is 1. The molecule has 0 fully saturated rings. The van der Waals surface area contributed by atoms with Crippen molar-refractivity contribution in [1.29, 1.82) is 0 Å². The summed E-state index contributed by atoms with van der Waals surface area (Å²) >= 11 is 19.2. The van der Waals surface area contributed by atoms with Crippen LogP contribution >= 0.6 is 34.8 Å². The molecule has 2 heterocycles. The van der Waals surface area contributed by atoms with Crippen LogP contribution in [0.2, 0.25) is 15.1 Å². The molecular weight excluding hydrogens is 427 g/mol. The average Bonchev–Trinajstić information content (AvgIpc) is 2.66. The van der Waals surface area contributed by atoms with Crippen LogP contribution in [0.1, 0.15) is 5.69 Å². The predicted octanol–water partition coefficient (Wildman–Crippen LogP) is 3.63. The van der Waals surface area contributed by atoms with Gasteiger partial charge in [-0.25, -0.2) is 4.98 Å². The summed E-state index contributed by atoms with van der Waals surface area (Å²) < 4.78 is 7.31. The lowest BCUT2D eigenvalue weighted by Crippen LogP contribution is -2.21. The summed E-state index contributed by atoms with van der Waals surface area (Å²) in [6.07, 6.45) is 1.37. The van der Waals surface area contributed by atoms with Crippen molar-refractivity contribution in [3.05, 3.63) is 61.4 Å². The van der Waals surface area contributed by atoms with E-state index in [9.17, 15) is 15.0 Å². The van der Waals surface area contributed by atoms with Gasteiger partial charge in [-0.15, -0.1) is 0 Å². The molecule has 28 heavy (non-hydrogen) atoms. The number of aliphatic hydroxyl groups is 2. The third-order valence-corrected chi connectivity index (χ3v) is 5.15. The number of hydrogen-bond acceptors (Lipinski definition) is 5. The van der Waals surface area contributed by atoms with Crippen molar-refractivity contribution in [2.24, 2.45) is 5.92 Å². The maximum atomic E-state index is 12.8. The number of aliphatic hydroxyl groups excluding tert-OH is 2. The summed E-state index contributed by atoms with van der Waals surface area (Å²) in [5.41, 5.74) is 1.09. The van der Waals surface area contributed by atoms with Gasteiger partial charge in [-0.3, -0.25) is 4.79 Å². The van der Waals surface area contributed by atoms with Gasteiger partial charge in [-0.2, -0.15) is 0 Å². The Kier molecular flexibility index (Phi) is 6.47. The first-order valence-corrected chi connectivity index (χ1v) is 9.52. The van der Waals surface area contributed by atoms with Crippen molar-refractivity contribution < 1.29 is 14.9 Å². The monoisotopic (exact) mass is 442 g/mol. The van der Waals surface area contributed by atoms with Gasteiger partial charge in [-0.05, 0) is 19.1 Å². The second-order valence-corrected chi connectivity index (χ2v) is 7.45. The molecule has 0 unspecified atom stereocenters. The van der Waals surface area contributed by atoms with Crippen molar-refractivity contribution in [3.8, 4) is 11.6 Å². The summed E-state index contributed by atoms with van der Waals surface area (Å²) in [7, 11) is 0. The minimum absolute atomic E-state index is 0.0170. The number of nitrogens with zero attached hydrogens (tertiary/aromatic N) is 2. The number of rotatable bonds is 6.